The zero-order chi connectivity index (χ0) is 19.5. The predicted molar refractivity (Wildman–Crippen MR) is 115 cm³/mol. The van der Waals surface area contributed by atoms with E-state index in [1.807, 2.05) is 42.5 Å². The fourth-order valence-corrected chi connectivity index (χ4v) is 3.94. The molecule has 0 amide bonds. The highest BCUT2D eigenvalue weighted by Crippen LogP contribution is 2.31. The summed E-state index contributed by atoms with van der Waals surface area (Å²) in [4.78, 5) is 4.14. The van der Waals surface area contributed by atoms with Gasteiger partial charge in [0.15, 0.2) is 11.0 Å². The van der Waals surface area contributed by atoms with Gasteiger partial charge in [-0.3, -0.25) is 4.57 Å². The Morgan fingerprint density at radius 1 is 0.929 bits per heavy atom. The lowest BCUT2D eigenvalue weighted by molar-refractivity contribution is 0.880. The quantitative estimate of drug-likeness (QED) is 0.280. The van der Waals surface area contributed by atoms with Crippen LogP contribution in [0.5, 0.6) is 0 Å². The van der Waals surface area contributed by atoms with Crippen LogP contribution >= 0.6 is 35.0 Å². The second-order valence-corrected chi connectivity index (χ2v) is 7.98. The molecule has 0 saturated carbocycles. The van der Waals surface area contributed by atoms with E-state index in [-0.39, 0.29) is 0 Å². The molecule has 2 aromatic heterocycles. The minimum Gasteiger partial charge on any atom is -0.270 e. The van der Waals surface area contributed by atoms with Gasteiger partial charge in [-0.05, 0) is 54.4 Å². The number of aromatic nitrogens is 4. The standard InChI is InChI=1S/C21H16Cl2N4S/c1-14-4-2-3-5-18(14)27-20(16-7-9-17(22)10-8-16)25-26-21(27)28-13-15-6-11-19(23)24-12-15/h2-12H,13H2,1H3. The Morgan fingerprint density at radius 3 is 2.43 bits per heavy atom. The number of hydrogen-bond acceptors (Lipinski definition) is 4. The molecule has 0 aliphatic carbocycles. The summed E-state index contributed by atoms with van der Waals surface area (Å²) in [6, 6.07) is 19.6. The van der Waals surface area contributed by atoms with E-state index in [2.05, 4.69) is 38.8 Å². The molecule has 0 bridgehead atoms. The summed E-state index contributed by atoms with van der Waals surface area (Å²) in [6.07, 6.45) is 1.78. The second-order valence-electron chi connectivity index (χ2n) is 6.21. The van der Waals surface area contributed by atoms with E-state index in [0.717, 1.165) is 39.1 Å². The first kappa shape index (κ1) is 19.0. The number of hydrogen-bond donors (Lipinski definition) is 0. The van der Waals surface area contributed by atoms with Gasteiger partial charge in [-0.2, -0.15) is 0 Å². The highest BCUT2D eigenvalue weighted by Gasteiger charge is 2.17. The third kappa shape index (κ3) is 4.07. The molecular weight excluding hydrogens is 411 g/mol. The van der Waals surface area contributed by atoms with E-state index in [1.54, 1.807) is 24.0 Å². The maximum Gasteiger partial charge on any atom is 0.196 e. The highest BCUT2D eigenvalue weighted by atomic mass is 35.5. The molecule has 140 valence electrons. The van der Waals surface area contributed by atoms with Gasteiger partial charge in [-0.15, -0.1) is 10.2 Å². The molecule has 28 heavy (non-hydrogen) atoms. The Bertz CT molecular complexity index is 1090. The first-order valence-electron chi connectivity index (χ1n) is 8.62. The number of pyridine rings is 1. The van der Waals surface area contributed by atoms with Crippen LogP contribution in [0, 0.1) is 6.92 Å². The first-order valence-corrected chi connectivity index (χ1v) is 10.4. The normalized spacial score (nSPS) is 11.0. The van der Waals surface area contributed by atoms with E-state index < -0.39 is 0 Å². The summed E-state index contributed by atoms with van der Waals surface area (Å²) in [5.74, 6) is 1.50. The van der Waals surface area contributed by atoms with Crippen molar-refractivity contribution >= 4 is 35.0 Å². The van der Waals surface area contributed by atoms with Crippen LogP contribution in [-0.4, -0.2) is 19.7 Å². The van der Waals surface area contributed by atoms with Crippen molar-refractivity contribution in [1.29, 1.82) is 0 Å². The van der Waals surface area contributed by atoms with Crippen molar-refractivity contribution in [2.45, 2.75) is 17.8 Å². The van der Waals surface area contributed by atoms with Gasteiger partial charge >= 0.3 is 0 Å². The molecule has 0 aliphatic heterocycles. The van der Waals surface area contributed by atoms with Crippen molar-refractivity contribution in [2.24, 2.45) is 0 Å². The number of halogens is 2. The molecule has 2 heterocycles. The zero-order valence-electron chi connectivity index (χ0n) is 15.0. The lowest BCUT2D eigenvalue weighted by Gasteiger charge is -2.13. The van der Waals surface area contributed by atoms with E-state index in [4.69, 9.17) is 23.2 Å². The van der Waals surface area contributed by atoms with Crippen LogP contribution in [0.25, 0.3) is 17.1 Å². The van der Waals surface area contributed by atoms with Gasteiger partial charge in [-0.1, -0.05) is 59.2 Å². The zero-order valence-corrected chi connectivity index (χ0v) is 17.3. The second kappa shape index (κ2) is 8.35. The van der Waals surface area contributed by atoms with Gasteiger partial charge in [0.05, 0.1) is 5.69 Å². The van der Waals surface area contributed by atoms with Crippen molar-refractivity contribution in [1.82, 2.24) is 19.7 Å². The van der Waals surface area contributed by atoms with E-state index >= 15 is 0 Å². The van der Waals surface area contributed by atoms with Crippen LogP contribution in [-0.2, 0) is 5.75 Å². The predicted octanol–water partition coefficient (Wildman–Crippen LogP) is 6.24. The maximum atomic E-state index is 6.05. The van der Waals surface area contributed by atoms with Crippen molar-refractivity contribution in [3.63, 3.8) is 0 Å². The summed E-state index contributed by atoms with van der Waals surface area (Å²) >= 11 is 13.5. The Hall–Kier alpha value is -2.34. The molecule has 0 atom stereocenters. The molecule has 0 unspecified atom stereocenters. The number of benzene rings is 2. The Balaban J connectivity index is 1.75. The topological polar surface area (TPSA) is 43.6 Å². The van der Waals surface area contributed by atoms with Crippen molar-refractivity contribution in [3.05, 3.63) is 88.2 Å². The first-order chi connectivity index (χ1) is 13.6. The van der Waals surface area contributed by atoms with Gasteiger partial charge in [-0.25, -0.2) is 4.98 Å². The number of thioether (sulfide) groups is 1. The fraction of sp³-hybridized carbons (Fsp3) is 0.0952. The number of nitrogens with zero attached hydrogens (tertiary/aromatic N) is 4. The molecule has 4 nitrogen and oxygen atoms in total. The lowest BCUT2D eigenvalue weighted by Crippen LogP contribution is -2.02. The summed E-state index contributed by atoms with van der Waals surface area (Å²) < 4.78 is 2.09. The lowest BCUT2D eigenvalue weighted by atomic mass is 10.1. The van der Waals surface area contributed by atoms with Crippen LogP contribution in [0.4, 0.5) is 0 Å². The molecule has 4 aromatic rings. The Morgan fingerprint density at radius 2 is 1.71 bits per heavy atom. The van der Waals surface area contributed by atoms with E-state index in [9.17, 15) is 0 Å². The summed E-state index contributed by atoms with van der Waals surface area (Å²) in [5.41, 5.74) is 4.23. The number of aryl methyl sites for hydroxylation is 1. The third-order valence-corrected chi connectivity index (χ3v) is 5.72. The third-order valence-electron chi connectivity index (χ3n) is 4.25. The van der Waals surface area contributed by atoms with Gasteiger partial charge < -0.3 is 0 Å². The number of para-hydroxylation sites is 1. The van der Waals surface area contributed by atoms with Crippen molar-refractivity contribution < 1.29 is 0 Å². The average Bonchev–Trinajstić information content (AvgIpc) is 3.12. The molecule has 0 fully saturated rings. The number of rotatable bonds is 5. The molecule has 0 radical (unpaired) electrons. The average molecular weight is 427 g/mol. The van der Waals surface area contributed by atoms with Crippen LogP contribution in [0.15, 0.2) is 72.0 Å². The molecule has 0 saturated heterocycles. The van der Waals surface area contributed by atoms with Gasteiger partial charge in [0.1, 0.15) is 5.15 Å². The Kier molecular flexibility index (Phi) is 5.67. The summed E-state index contributed by atoms with van der Waals surface area (Å²) in [7, 11) is 0. The largest absolute Gasteiger partial charge is 0.270 e. The molecule has 0 spiro atoms. The van der Waals surface area contributed by atoms with E-state index in [0.29, 0.717) is 10.2 Å². The molecule has 4 rings (SSSR count). The van der Waals surface area contributed by atoms with Crippen molar-refractivity contribution in [3.8, 4) is 17.1 Å². The van der Waals surface area contributed by atoms with Crippen LogP contribution in [0.2, 0.25) is 10.2 Å². The monoisotopic (exact) mass is 426 g/mol. The maximum absolute atomic E-state index is 6.05. The minimum absolute atomic E-state index is 0.488. The fourth-order valence-electron chi connectivity index (χ4n) is 2.82. The van der Waals surface area contributed by atoms with Gasteiger partial charge in [0, 0.05) is 22.5 Å². The molecule has 2 aromatic carbocycles. The summed E-state index contributed by atoms with van der Waals surface area (Å²) in [6.45, 7) is 2.08. The summed E-state index contributed by atoms with van der Waals surface area (Å²) in [5, 5.41) is 10.9. The molecule has 7 heteroatoms. The SMILES string of the molecule is Cc1ccccc1-n1c(SCc2ccc(Cl)nc2)nnc1-c1ccc(Cl)cc1. The van der Waals surface area contributed by atoms with Crippen LogP contribution in [0.1, 0.15) is 11.1 Å². The van der Waals surface area contributed by atoms with E-state index in [1.165, 1.54) is 0 Å². The molecular formula is C21H16Cl2N4S. The van der Waals surface area contributed by atoms with Crippen LogP contribution < -0.4 is 0 Å². The van der Waals surface area contributed by atoms with Gasteiger partial charge in [0.25, 0.3) is 0 Å². The smallest absolute Gasteiger partial charge is 0.196 e. The highest BCUT2D eigenvalue weighted by molar-refractivity contribution is 7.98. The van der Waals surface area contributed by atoms with Gasteiger partial charge in [0.2, 0.25) is 0 Å². The Labute approximate surface area is 177 Å². The van der Waals surface area contributed by atoms with Crippen molar-refractivity contribution in [2.75, 3.05) is 0 Å². The minimum atomic E-state index is 0.488. The van der Waals surface area contributed by atoms with Crippen LogP contribution in [0.3, 0.4) is 0 Å². The molecule has 0 aliphatic rings. The molecule has 0 N–H and O–H groups in total.